The Morgan fingerprint density at radius 2 is 1.89 bits per heavy atom. The summed E-state index contributed by atoms with van der Waals surface area (Å²) in [5.74, 6) is -0.217. The molecule has 1 heterocycles. The lowest BCUT2D eigenvalue weighted by Crippen LogP contribution is -3.15. The lowest BCUT2D eigenvalue weighted by Gasteiger charge is -2.34. The number of anilines is 2. The molecule has 28 heavy (non-hydrogen) atoms. The normalized spacial score (nSPS) is 14.6. The van der Waals surface area contributed by atoms with Gasteiger partial charge in [0, 0.05) is 29.0 Å². The molecule has 0 bridgehead atoms. The van der Waals surface area contributed by atoms with E-state index in [2.05, 4.69) is 22.5 Å². The minimum absolute atomic E-state index is 0.0450. The van der Waals surface area contributed by atoms with Crippen LogP contribution in [0.4, 0.5) is 11.4 Å². The van der Waals surface area contributed by atoms with Crippen molar-refractivity contribution in [2.75, 3.05) is 50.0 Å². The van der Waals surface area contributed by atoms with Crippen LogP contribution in [0.15, 0.2) is 42.5 Å². The monoisotopic (exact) mass is 401 g/mol. The van der Waals surface area contributed by atoms with Gasteiger partial charge < -0.3 is 20.4 Å². The zero-order chi connectivity index (χ0) is 20.1. The fourth-order valence-electron chi connectivity index (χ4n) is 3.48. The van der Waals surface area contributed by atoms with E-state index in [1.165, 1.54) is 16.2 Å². The third-order valence-electron chi connectivity index (χ3n) is 5.03. The highest BCUT2D eigenvalue weighted by molar-refractivity contribution is 6.30. The first-order chi connectivity index (χ1) is 13.5. The number of halogens is 1. The summed E-state index contributed by atoms with van der Waals surface area (Å²) in [6.45, 7) is 6.04. The highest BCUT2D eigenvalue weighted by Crippen LogP contribution is 2.24. The number of amides is 2. The van der Waals surface area contributed by atoms with Gasteiger partial charge >= 0.3 is 0 Å². The van der Waals surface area contributed by atoms with Crippen LogP contribution in [-0.2, 0) is 4.79 Å². The average molecular weight is 402 g/mol. The van der Waals surface area contributed by atoms with Crippen molar-refractivity contribution in [1.29, 1.82) is 0 Å². The van der Waals surface area contributed by atoms with E-state index in [9.17, 15) is 9.59 Å². The van der Waals surface area contributed by atoms with Gasteiger partial charge in [-0.3, -0.25) is 9.59 Å². The third kappa shape index (κ3) is 5.03. The van der Waals surface area contributed by atoms with Gasteiger partial charge in [0.05, 0.1) is 26.2 Å². The molecule has 148 valence electrons. The van der Waals surface area contributed by atoms with Crippen LogP contribution in [0.3, 0.4) is 0 Å². The molecule has 2 aromatic rings. The van der Waals surface area contributed by atoms with Crippen LogP contribution in [0.1, 0.15) is 15.9 Å². The van der Waals surface area contributed by atoms with E-state index >= 15 is 0 Å². The molecule has 0 aliphatic carbocycles. The molecule has 3 N–H and O–H groups in total. The molecule has 3 rings (SSSR count). The summed E-state index contributed by atoms with van der Waals surface area (Å²) >= 11 is 6.14. The number of rotatable bonds is 5. The number of hydrogen-bond acceptors (Lipinski definition) is 3. The molecule has 0 radical (unpaired) electrons. The Morgan fingerprint density at radius 1 is 1.14 bits per heavy atom. The molecule has 0 saturated carbocycles. The Kier molecular flexibility index (Phi) is 6.54. The van der Waals surface area contributed by atoms with Crippen LogP contribution >= 0.6 is 11.6 Å². The standard InChI is InChI=1S/C21H25ClN4O2/c1-15-6-7-17(22)13-19(15)26-10-8-25(9-11-26)14-20(27)24-18-5-3-4-16(12-18)21(28)23-2/h3-7,12-13H,8-11,14H2,1-2H3,(H,23,28)(H,24,27)/p+1. The van der Waals surface area contributed by atoms with Gasteiger partial charge in [0.2, 0.25) is 0 Å². The second kappa shape index (κ2) is 9.08. The largest absolute Gasteiger partial charge is 0.360 e. The van der Waals surface area contributed by atoms with Crippen LogP contribution in [0.25, 0.3) is 0 Å². The lowest BCUT2D eigenvalue weighted by molar-refractivity contribution is -0.892. The van der Waals surface area contributed by atoms with E-state index in [0.29, 0.717) is 17.8 Å². The number of nitrogens with one attached hydrogen (secondary N) is 3. The first-order valence-electron chi connectivity index (χ1n) is 9.43. The zero-order valence-electron chi connectivity index (χ0n) is 16.2. The second-order valence-corrected chi connectivity index (χ2v) is 7.49. The summed E-state index contributed by atoms with van der Waals surface area (Å²) in [5, 5.41) is 6.23. The van der Waals surface area contributed by atoms with Crippen molar-refractivity contribution in [3.05, 3.63) is 58.6 Å². The number of carbonyl (C=O) groups is 2. The number of aryl methyl sites for hydroxylation is 1. The van der Waals surface area contributed by atoms with E-state index in [1.54, 1.807) is 31.3 Å². The highest BCUT2D eigenvalue weighted by Gasteiger charge is 2.23. The van der Waals surface area contributed by atoms with E-state index in [4.69, 9.17) is 11.6 Å². The number of piperazine rings is 1. The molecule has 7 heteroatoms. The first kappa shape index (κ1) is 20.2. The summed E-state index contributed by atoms with van der Waals surface area (Å²) in [4.78, 5) is 27.7. The van der Waals surface area contributed by atoms with Crippen LogP contribution < -0.4 is 20.4 Å². The van der Waals surface area contributed by atoms with Crippen molar-refractivity contribution in [3.8, 4) is 0 Å². The van der Waals surface area contributed by atoms with Gasteiger partial charge in [-0.2, -0.15) is 0 Å². The van der Waals surface area contributed by atoms with E-state index < -0.39 is 0 Å². The Balaban J connectivity index is 1.53. The van der Waals surface area contributed by atoms with Gasteiger partial charge in [0.15, 0.2) is 6.54 Å². The Bertz CT molecular complexity index is 863. The first-order valence-corrected chi connectivity index (χ1v) is 9.80. The van der Waals surface area contributed by atoms with Crippen molar-refractivity contribution in [1.82, 2.24) is 5.32 Å². The lowest BCUT2D eigenvalue weighted by atomic mass is 10.1. The van der Waals surface area contributed by atoms with Gasteiger partial charge in [0.1, 0.15) is 0 Å². The molecule has 0 aromatic heterocycles. The van der Waals surface area contributed by atoms with Gasteiger partial charge in [-0.25, -0.2) is 0 Å². The third-order valence-corrected chi connectivity index (χ3v) is 5.26. The molecule has 1 aliphatic heterocycles. The predicted molar refractivity (Wildman–Crippen MR) is 112 cm³/mol. The Hall–Kier alpha value is -2.57. The van der Waals surface area contributed by atoms with Crippen LogP contribution in [0.2, 0.25) is 5.02 Å². The van der Waals surface area contributed by atoms with Crippen molar-refractivity contribution >= 4 is 34.8 Å². The van der Waals surface area contributed by atoms with Crippen LogP contribution in [0.5, 0.6) is 0 Å². The summed E-state index contributed by atoms with van der Waals surface area (Å²) in [7, 11) is 1.58. The van der Waals surface area contributed by atoms with E-state index in [-0.39, 0.29) is 11.8 Å². The summed E-state index contributed by atoms with van der Waals surface area (Å²) in [5.41, 5.74) is 3.54. The van der Waals surface area contributed by atoms with Gasteiger partial charge in [0.25, 0.3) is 11.8 Å². The average Bonchev–Trinajstić information content (AvgIpc) is 2.70. The zero-order valence-corrected chi connectivity index (χ0v) is 17.0. The van der Waals surface area contributed by atoms with Crippen molar-refractivity contribution < 1.29 is 14.5 Å². The number of quaternary nitrogens is 1. The number of nitrogens with zero attached hydrogens (tertiary/aromatic N) is 1. The molecule has 0 unspecified atom stereocenters. The summed E-state index contributed by atoms with van der Waals surface area (Å²) < 4.78 is 0. The van der Waals surface area contributed by atoms with Crippen LogP contribution in [-0.4, -0.2) is 51.6 Å². The molecule has 6 nitrogen and oxygen atoms in total. The van der Waals surface area contributed by atoms with Gasteiger partial charge in [-0.05, 0) is 42.8 Å². The van der Waals surface area contributed by atoms with E-state index in [1.807, 2.05) is 18.2 Å². The highest BCUT2D eigenvalue weighted by atomic mass is 35.5. The van der Waals surface area contributed by atoms with Gasteiger partial charge in [-0.15, -0.1) is 0 Å². The molecule has 1 saturated heterocycles. The molecule has 0 spiro atoms. The van der Waals surface area contributed by atoms with Crippen molar-refractivity contribution in [3.63, 3.8) is 0 Å². The Morgan fingerprint density at radius 3 is 2.61 bits per heavy atom. The number of benzene rings is 2. The maximum absolute atomic E-state index is 12.4. The smallest absolute Gasteiger partial charge is 0.279 e. The maximum atomic E-state index is 12.4. The van der Waals surface area contributed by atoms with Crippen molar-refractivity contribution in [2.24, 2.45) is 0 Å². The van der Waals surface area contributed by atoms with Gasteiger partial charge in [-0.1, -0.05) is 23.7 Å². The molecular weight excluding hydrogens is 376 g/mol. The maximum Gasteiger partial charge on any atom is 0.279 e. The fraction of sp³-hybridized carbons (Fsp3) is 0.333. The minimum atomic E-state index is -0.172. The second-order valence-electron chi connectivity index (χ2n) is 7.05. The summed E-state index contributed by atoms with van der Waals surface area (Å²) in [6.07, 6.45) is 0. The SMILES string of the molecule is CNC(=O)c1cccc(NC(=O)C[NH+]2CCN(c3cc(Cl)ccc3C)CC2)c1. The molecule has 2 aromatic carbocycles. The number of carbonyl (C=O) groups excluding carboxylic acids is 2. The quantitative estimate of drug-likeness (QED) is 0.708. The topological polar surface area (TPSA) is 65.9 Å². The molecular formula is C21H26ClN4O2+. The fourth-order valence-corrected chi connectivity index (χ4v) is 3.64. The predicted octanol–water partition coefficient (Wildman–Crippen LogP) is 1.35. The van der Waals surface area contributed by atoms with Crippen LogP contribution in [0, 0.1) is 6.92 Å². The minimum Gasteiger partial charge on any atom is -0.360 e. The molecule has 1 aliphatic rings. The molecule has 2 amide bonds. The number of hydrogen-bond donors (Lipinski definition) is 3. The van der Waals surface area contributed by atoms with E-state index in [0.717, 1.165) is 31.2 Å². The molecule has 0 atom stereocenters. The Labute approximate surface area is 170 Å². The van der Waals surface area contributed by atoms with Crippen molar-refractivity contribution in [2.45, 2.75) is 6.92 Å². The summed E-state index contributed by atoms with van der Waals surface area (Å²) in [6, 6.07) is 12.9. The molecule has 1 fully saturated rings.